The van der Waals surface area contributed by atoms with E-state index >= 15 is 0 Å². The molecule has 4 rings (SSSR count). The Hall–Kier alpha value is -1.95. The van der Waals surface area contributed by atoms with Crippen molar-refractivity contribution in [3.05, 3.63) is 22.7 Å². The number of aromatic nitrogens is 1. The van der Waals surface area contributed by atoms with Gasteiger partial charge in [-0.3, -0.25) is 9.88 Å². The lowest BCUT2D eigenvalue weighted by Crippen LogP contribution is -2.55. The number of H-pyrrole nitrogens is 1. The zero-order valence-corrected chi connectivity index (χ0v) is 12.1. The molecule has 0 radical (unpaired) electrons. The molecule has 6 nitrogen and oxygen atoms in total. The van der Waals surface area contributed by atoms with E-state index in [4.69, 9.17) is 10.2 Å². The van der Waals surface area contributed by atoms with Crippen LogP contribution in [0.2, 0.25) is 0 Å². The van der Waals surface area contributed by atoms with Crippen molar-refractivity contribution in [3.8, 4) is 0 Å². The molecular formula is C15H20N4O2. The lowest BCUT2D eigenvalue weighted by atomic mass is 10.1. The third kappa shape index (κ3) is 2.01. The highest BCUT2D eigenvalue weighted by molar-refractivity contribution is 5.85. The van der Waals surface area contributed by atoms with Gasteiger partial charge in [-0.05, 0) is 32.4 Å². The van der Waals surface area contributed by atoms with E-state index in [0.717, 1.165) is 18.8 Å². The van der Waals surface area contributed by atoms with Gasteiger partial charge in [0, 0.05) is 31.2 Å². The zero-order chi connectivity index (χ0) is 14.6. The predicted octanol–water partition coefficient (Wildman–Crippen LogP) is 1.38. The first-order chi connectivity index (χ1) is 10.1. The third-order valence-corrected chi connectivity index (χ3v) is 4.82. The quantitative estimate of drug-likeness (QED) is 0.775. The number of aromatic amines is 1. The smallest absolute Gasteiger partial charge is 0.408 e. The second-order valence-corrected chi connectivity index (χ2v) is 6.21. The lowest BCUT2D eigenvalue weighted by Gasteiger charge is -2.44. The van der Waals surface area contributed by atoms with Crippen LogP contribution in [-0.2, 0) is 0 Å². The number of hydrogen-bond acceptors (Lipinski definition) is 5. The van der Waals surface area contributed by atoms with Crippen LogP contribution >= 0.6 is 0 Å². The van der Waals surface area contributed by atoms with Crippen LogP contribution in [0.25, 0.3) is 11.1 Å². The number of piperazine rings is 1. The van der Waals surface area contributed by atoms with Crippen molar-refractivity contribution < 1.29 is 4.42 Å². The zero-order valence-electron chi connectivity index (χ0n) is 12.1. The highest BCUT2D eigenvalue weighted by Gasteiger charge is 2.35. The molecule has 2 fully saturated rings. The number of benzene rings is 1. The van der Waals surface area contributed by atoms with Gasteiger partial charge in [0.15, 0.2) is 5.58 Å². The average molecular weight is 288 g/mol. The Morgan fingerprint density at radius 3 is 3.10 bits per heavy atom. The molecule has 0 bridgehead atoms. The summed E-state index contributed by atoms with van der Waals surface area (Å²) in [5, 5.41) is 0. The molecule has 2 saturated heterocycles. The summed E-state index contributed by atoms with van der Waals surface area (Å²) in [5.74, 6) is -0.435. The van der Waals surface area contributed by atoms with Crippen LogP contribution in [0.1, 0.15) is 19.8 Å². The Morgan fingerprint density at radius 1 is 1.38 bits per heavy atom. The fourth-order valence-electron chi connectivity index (χ4n) is 3.77. The molecule has 6 heteroatoms. The van der Waals surface area contributed by atoms with Gasteiger partial charge in [-0.15, -0.1) is 0 Å². The van der Waals surface area contributed by atoms with Crippen LogP contribution in [0, 0.1) is 0 Å². The molecular weight excluding hydrogens is 268 g/mol. The van der Waals surface area contributed by atoms with Crippen LogP contribution < -0.4 is 16.4 Å². The minimum Gasteiger partial charge on any atom is -0.408 e. The second-order valence-electron chi connectivity index (χ2n) is 6.21. The predicted molar refractivity (Wildman–Crippen MR) is 82.7 cm³/mol. The van der Waals surface area contributed by atoms with Crippen molar-refractivity contribution in [1.29, 1.82) is 0 Å². The van der Waals surface area contributed by atoms with Gasteiger partial charge >= 0.3 is 5.76 Å². The molecule has 2 unspecified atom stereocenters. The summed E-state index contributed by atoms with van der Waals surface area (Å²) in [4.78, 5) is 19.0. The number of rotatable bonds is 1. The molecule has 21 heavy (non-hydrogen) atoms. The number of oxazole rings is 1. The van der Waals surface area contributed by atoms with E-state index in [0.29, 0.717) is 28.9 Å². The van der Waals surface area contributed by atoms with Crippen molar-refractivity contribution in [2.75, 3.05) is 30.3 Å². The molecule has 0 spiro atoms. The van der Waals surface area contributed by atoms with Crippen LogP contribution in [0.4, 0.5) is 11.4 Å². The van der Waals surface area contributed by atoms with Crippen LogP contribution in [0.15, 0.2) is 21.3 Å². The first-order valence-corrected chi connectivity index (χ1v) is 7.55. The van der Waals surface area contributed by atoms with Gasteiger partial charge in [-0.25, -0.2) is 4.79 Å². The van der Waals surface area contributed by atoms with Crippen molar-refractivity contribution in [2.45, 2.75) is 31.8 Å². The second kappa shape index (κ2) is 4.53. The third-order valence-electron chi connectivity index (χ3n) is 4.82. The van der Waals surface area contributed by atoms with Gasteiger partial charge < -0.3 is 15.1 Å². The molecule has 3 N–H and O–H groups in total. The maximum atomic E-state index is 11.3. The van der Waals surface area contributed by atoms with Crippen molar-refractivity contribution >= 4 is 22.5 Å². The highest BCUT2D eigenvalue weighted by atomic mass is 16.4. The van der Waals surface area contributed by atoms with E-state index in [1.807, 2.05) is 6.07 Å². The first-order valence-electron chi connectivity index (χ1n) is 7.55. The molecule has 2 aliphatic rings. The highest BCUT2D eigenvalue weighted by Crippen LogP contribution is 2.33. The molecule has 0 aliphatic carbocycles. The Bertz CT molecular complexity index is 735. The van der Waals surface area contributed by atoms with Crippen LogP contribution in [-0.4, -0.2) is 41.6 Å². The Labute approximate surface area is 122 Å². The molecule has 2 aromatic rings. The van der Waals surface area contributed by atoms with Gasteiger partial charge in [0.05, 0.1) is 16.9 Å². The summed E-state index contributed by atoms with van der Waals surface area (Å²) < 4.78 is 5.07. The summed E-state index contributed by atoms with van der Waals surface area (Å²) in [6.45, 7) is 5.52. The standard InChI is InChI=1S/C15H20N4O2/c1-9-7-18-4-2-3-10(18)8-19(9)13-6-12-14(5-11(13)16)21-15(20)17-12/h5-6,9-10H,2-4,7-8,16H2,1H3,(H,17,20). The van der Waals surface area contributed by atoms with Crippen molar-refractivity contribution in [2.24, 2.45) is 0 Å². The normalized spacial score (nSPS) is 26.4. The fraction of sp³-hybridized carbons (Fsp3) is 0.533. The number of hydrogen-bond donors (Lipinski definition) is 2. The molecule has 0 amide bonds. The van der Waals surface area contributed by atoms with E-state index in [1.54, 1.807) is 6.07 Å². The number of anilines is 2. The van der Waals surface area contributed by atoms with Gasteiger partial charge in [0.1, 0.15) is 0 Å². The largest absolute Gasteiger partial charge is 0.417 e. The Balaban J connectivity index is 1.74. The van der Waals surface area contributed by atoms with E-state index < -0.39 is 5.76 Å². The van der Waals surface area contributed by atoms with E-state index in [-0.39, 0.29) is 0 Å². The minimum absolute atomic E-state index is 0.415. The SMILES string of the molecule is CC1CN2CCCC2CN1c1cc2[nH]c(=O)oc2cc1N. The summed E-state index contributed by atoms with van der Waals surface area (Å²) >= 11 is 0. The number of nitrogens with one attached hydrogen (secondary N) is 1. The summed E-state index contributed by atoms with van der Waals surface area (Å²) in [7, 11) is 0. The van der Waals surface area contributed by atoms with Gasteiger partial charge in [0.25, 0.3) is 0 Å². The first kappa shape index (κ1) is 12.8. The fourth-order valence-corrected chi connectivity index (χ4v) is 3.77. The monoisotopic (exact) mass is 288 g/mol. The van der Waals surface area contributed by atoms with Crippen molar-refractivity contribution in [1.82, 2.24) is 9.88 Å². The summed E-state index contributed by atoms with van der Waals surface area (Å²) in [6, 6.07) is 4.73. The van der Waals surface area contributed by atoms with E-state index in [1.165, 1.54) is 19.4 Å². The molecule has 1 aromatic carbocycles. The molecule has 112 valence electrons. The summed E-state index contributed by atoms with van der Waals surface area (Å²) in [6.07, 6.45) is 2.54. The minimum atomic E-state index is -0.435. The molecule has 1 aromatic heterocycles. The Kier molecular flexibility index (Phi) is 2.75. The van der Waals surface area contributed by atoms with E-state index in [9.17, 15) is 4.79 Å². The topological polar surface area (TPSA) is 78.5 Å². The molecule has 2 atom stereocenters. The summed E-state index contributed by atoms with van der Waals surface area (Å²) in [5.41, 5.74) is 9.10. The number of nitrogen functional groups attached to an aromatic ring is 1. The number of nitrogens with zero attached hydrogens (tertiary/aromatic N) is 2. The molecule has 2 aliphatic heterocycles. The van der Waals surface area contributed by atoms with Crippen molar-refractivity contribution in [3.63, 3.8) is 0 Å². The number of nitrogens with two attached hydrogens (primary N) is 1. The van der Waals surface area contributed by atoms with Gasteiger partial charge in [-0.2, -0.15) is 0 Å². The number of fused-ring (bicyclic) bond motifs is 2. The van der Waals surface area contributed by atoms with Crippen LogP contribution in [0.5, 0.6) is 0 Å². The van der Waals surface area contributed by atoms with E-state index in [2.05, 4.69) is 21.7 Å². The van der Waals surface area contributed by atoms with Gasteiger partial charge in [0.2, 0.25) is 0 Å². The molecule has 0 saturated carbocycles. The lowest BCUT2D eigenvalue weighted by molar-refractivity contribution is 0.203. The van der Waals surface area contributed by atoms with Crippen LogP contribution in [0.3, 0.4) is 0 Å². The van der Waals surface area contributed by atoms with Gasteiger partial charge in [-0.1, -0.05) is 0 Å². The average Bonchev–Trinajstić information content (AvgIpc) is 3.01. The Morgan fingerprint density at radius 2 is 2.24 bits per heavy atom. The maximum Gasteiger partial charge on any atom is 0.417 e. The molecule has 3 heterocycles. The maximum absolute atomic E-state index is 11.3.